The topological polar surface area (TPSA) is 87.3 Å². The Morgan fingerprint density at radius 2 is 1.60 bits per heavy atom. The van der Waals surface area contributed by atoms with Gasteiger partial charge in [-0.2, -0.15) is 0 Å². The van der Waals surface area contributed by atoms with Gasteiger partial charge in [-0.15, -0.1) is 11.8 Å². The van der Waals surface area contributed by atoms with Crippen LogP contribution in [0.15, 0.2) is 112 Å². The third-order valence-corrected chi connectivity index (χ3v) is 8.44. The number of hydrogen-bond acceptors (Lipinski definition) is 4. The van der Waals surface area contributed by atoms with Gasteiger partial charge in [-0.05, 0) is 91.6 Å². The van der Waals surface area contributed by atoms with Gasteiger partial charge in [0.15, 0.2) is 0 Å². The van der Waals surface area contributed by atoms with Crippen LogP contribution in [0.2, 0.25) is 0 Å². The van der Waals surface area contributed by atoms with Crippen LogP contribution in [-0.2, 0) is 9.59 Å². The van der Waals surface area contributed by atoms with Crippen LogP contribution in [0.3, 0.4) is 0 Å². The number of carbonyl (C=O) groups is 3. The molecule has 0 saturated heterocycles. The van der Waals surface area contributed by atoms with Gasteiger partial charge in [0.05, 0.1) is 5.25 Å². The fraction of sp³-hybridized carbons (Fsp3) is 0.147. The van der Waals surface area contributed by atoms with Gasteiger partial charge in [0.1, 0.15) is 5.70 Å². The first-order valence-corrected chi connectivity index (χ1v) is 15.2. The van der Waals surface area contributed by atoms with E-state index in [1.54, 1.807) is 36.4 Å². The molecule has 6 nitrogen and oxygen atoms in total. The molecule has 0 heterocycles. The molecule has 0 aliphatic heterocycles. The molecule has 8 heteroatoms. The van der Waals surface area contributed by atoms with Gasteiger partial charge in [0.25, 0.3) is 11.8 Å². The van der Waals surface area contributed by atoms with Crippen molar-refractivity contribution in [2.75, 3.05) is 10.6 Å². The molecule has 0 aliphatic carbocycles. The van der Waals surface area contributed by atoms with Crippen molar-refractivity contribution in [1.29, 1.82) is 0 Å². The highest BCUT2D eigenvalue weighted by molar-refractivity contribution is 9.10. The molecule has 3 N–H and O–H groups in total. The lowest BCUT2D eigenvalue weighted by atomic mass is 10.1. The molecule has 0 bridgehead atoms. The molecule has 3 amide bonds. The SMILES string of the molecule is CCC(Sc1cccc(NC(=O)/C(=C\c2cccc(Br)c2)NC(=O)c2ccccc2)c1)C(=O)Nc1cccc(C)c1C. The second kappa shape index (κ2) is 14.7. The molecule has 0 aromatic heterocycles. The lowest BCUT2D eigenvalue weighted by Crippen LogP contribution is -2.30. The van der Waals surface area contributed by atoms with Crippen LogP contribution in [0.4, 0.5) is 11.4 Å². The van der Waals surface area contributed by atoms with Crippen molar-refractivity contribution in [2.24, 2.45) is 0 Å². The average Bonchev–Trinajstić information content (AvgIpc) is 2.98. The highest BCUT2D eigenvalue weighted by Crippen LogP contribution is 2.29. The Bertz CT molecular complexity index is 1620. The van der Waals surface area contributed by atoms with Crippen LogP contribution >= 0.6 is 27.7 Å². The lowest BCUT2D eigenvalue weighted by molar-refractivity contribution is -0.116. The molecule has 214 valence electrons. The first-order chi connectivity index (χ1) is 20.2. The van der Waals surface area contributed by atoms with Crippen LogP contribution in [0, 0.1) is 13.8 Å². The fourth-order valence-electron chi connectivity index (χ4n) is 4.14. The molecular formula is C34H32BrN3O3S. The third kappa shape index (κ3) is 8.44. The molecule has 0 fully saturated rings. The Balaban J connectivity index is 1.51. The summed E-state index contributed by atoms with van der Waals surface area (Å²) in [6, 6.07) is 29.3. The first-order valence-electron chi connectivity index (χ1n) is 13.5. The predicted molar refractivity (Wildman–Crippen MR) is 176 cm³/mol. The summed E-state index contributed by atoms with van der Waals surface area (Å²) in [6.07, 6.45) is 2.26. The summed E-state index contributed by atoms with van der Waals surface area (Å²) < 4.78 is 0.849. The van der Waals surface area contributed by atoms with Gasteiger partial charge in [0.2, 0.25) is 5.91 Å². The van der Waals surface area contributed by atoms with E-state index in [1.807, 2.05) is 87.5 Å². The summed E-state index contributed by atoms with van der Waals surface area (Å²) in [4.78, 5) is 40.3. The standard InChI is InChI=1S/C34H32BrN3O3S/c1-4-31(34(41)37-29-18-8-11-22(2)23(29)3)42-28-17-10-16-27(21-28)36-33(40)30(20-24-12-9-15-26(35)19-24)38-32(39)25-13-6-5-7-14-25/h5-21,31H,4H2,1-3H3,(H,36,40)(H,37,41)(H,38,39)/b30-20+. The van der Waals surface area contributed by atoms with Crippen LogP contribution in [0.5, 0.6) is 0 Å². The maximum atomic E-state index is 13.5. The number of rotatable bonds is 10. The number of amides is 3. The maximum absolute atomic E-state index is 13.5. The number of thioether (sulfide) groups is 1. The summed E-state index contributed by atoms with van der Waals surface area (Å²) in [5, 5.41) is 8.40. The number of carbonyl (C=O) groups excluding carboxylic acids is 3. The van der Waals surface area contributed by atoms with Gasteiger partial charge >= 0.3 is 0 Å². The Morgan fingerprint density at radius 3 is 2.33 bits per heavy atom. The molecule has 0 spiro atoms. The quantitative estimate of drug-likeness (QED) is 0.121. The van der Waals surface area contributed by atoms with E-state index < -0.39 is 11.8 Å². The van der Waals surface area contributed by atoms with E-state index in [2.05, 4.69) is 31.9 Å². The summed E-state index contributed by atoms with van der Waals surface area (Å²) in [5.41, 5.74) is 4.79. The van der Waals surface area contributed by atoms with Crippen molar-refractivity contribution in [3.63, 3.8) is 0 Å². The van der Waals surface area contributed by atoms with E-state index >= 15 is 0 Å². The van der Waals surface area contributed by atoms with E-state index in [1.165, 1.54) is 11.8 Å². The second-order valence-electron chi connectivity index (χ2n) is 9.67. The van der Waals surface area contributed by atoms with Crippen LogP contribution in [0.1, 0.15) is 40.4 Å². The molecule has 1 unspecified atom stereocenters. The van der Waals surface area contributed by atoms with E-state index in [-0.39, 0.29) is 16.9 Å². The third-order valence-electron chi connectivity index (χ3n) is 6.58. The first kappa shape index (κ1) is 30.8. The zero-order valence-electron chi connectivity index (χ0n) is 23.6. The average molecular weight is 643 g/mol. The van der Waals surface area contributed by atoms with Crippen molar-refractivity contribution in [3.05, 3.63) is 129 Å². The molecular weight excluding hydrogens is 610 g/mol. The number of benzene rings is 4. The molecule has 0 radical (unpaired) electrons. The van der Waals surface area contributed by atoms with E-state index in [9.17, 15) is 14.4 Å². The number of halogens is 1. The Kier molecular flexibility index (Phi) is 10.8. The van der Waals surface area contributed by atoms with Crippen molar-refractivity contribution in [2.45, 2.75) is 37.3 Å². The predicted octanol–water partition coefficient (Wildman–Crippen LogP) is 7.98. The highest BCUT2D eigenvalue weighted by Gasteiger charge is 2.20. The molecule has 42 heavy (non-hydrogen) atoms. The second-order valence-corrected chi connectivity index (χ2v) is 11.9. The van der Waals surface area contributed by atoms with Crippen molar-refractivity contribution < 1.29 is 14.4 Å². The molecule has 4 aromatic rings. The van der Waals surface area contributed by atoms with E-state index in [0.29, 0.717) is 17.7 Å². The minimum Gasteiger partial charge on any atom is -0.325 e. The zero-order chi connectivity index (χ0) is 30.1. The summed E-state index contributed by atoms with van der Waals surface area (Å²) in [5.74, 6) is -0.938. The summed E-state index contributed by atoms with van der Waals surface area (Å²) in [7, 11) is 0. The molecule has 0 aliphatic rings. The molecule has 4 rings (SSSR count). The highest BCUT2D eigenvalue weighted by atomic mass is 79.9. The summed E-state index contributed by atoms with van der Waals surface area (Å²) in [6.45, 7) is 5.98. The Morgan fingerprint density at radius 1 is 0.857 bits per heavy atom. The Labute approximate surface area is 259 Å². The smallest absolute Gasteiger partial charge is 0.272 e. The zero-order valence-corrected chi connectivity index (χ0v) is 26.0. The summed E-state index contributed by atoms with van der Waals surface area (Å²) >= 11 is 4.89. The maximum Gasteiger partial charge on any atom is 0.272 e. The van der Waals surface area contributed by atoms with Gasteiger partial charge in [0, 0.05) is 26.3 Å². The monoisotopic (exact) mass is 641 g/mol. The number of anilines is 2. The van der Waals surface area contributed by atoms with E-state index in [4.69, 9.17) is 0 Å². The lowest BCUT2D eigenvalue weighted by Gasteiger charge is -2.17. The number of hydrogen-bond donors (Lipinski definition) is 3. The van der Waals surface area contributed by atoms with Gasteiger partial charge in [-0.25, -0.2) is 0 Å². The van der Waals surface area contributed by atoms with Crippen LogP contribution in [0.25, 0.3) is 6.08 Å². The Hall–Kier alpha value is -4.14. The van der Waals surface area contributed by atoms with Gasteiger partial charge in [-0.3, -0.25) is 14.4 Å². The largest absolute Gasteiger partial charge is 0.325 e. The number of aryl methyl sites for hydroxylation is 1. The minimum absolute atomic E-state index is 0.0755. The van der Waals surface area contributed by atoms with Crippen molar-refractivity contribution in [3.8, 4) is 0 Å². The van der Waals surface area contributed by atoms with Gasteiger partial charge < -0.3 is 16.0 Å². The molecule has 4 aromatic carbocycles. The van der Waals surface area contributed by atoms with Crippen LogP contribution in [-0.4, -0.2) is 23.0 Å². The number of nitrogens with one attached hydrogen (secondary N) is 3. The van der Waals surface area contributed by atoms with Crippen molar-refractivity contribution >= 4 is 62.9 Å². The fourth-order valence-corrected chi connectivity index (χ4v) is 5.57. The van der Waals surface area contributed by atoms with Crippen molar-refractivity contribution in [1.82, 2.24) is 5.32 Å². The van der Waals surface area contributed by atoms with E-state index in [0.717, 1.165) is 31.7 Å². The van der Waals surface area contributed by atoms with Gasteiger partial charge in [-0.1, -0.05) is 71.4 Å². The minimum atomic E-state index is -0.471. The normalized spacial score (nSPS) is 11.9. The molecule has 0 saturated carbocycles. The van der Waals surface area contributed by atoms with Crippen LogP contribution < -0.4 is 16.0 Å². The molecule has 1 atom stereocenters.